The summed E-state index contributed by atoms with van der Waals surface area (Å²) in [4.78, 5) is 12.3. The highest BCUT2D eigenvalue weighted by Gasteiger charge is 2.21. The van der Waals surface area contributed by atoms with Gasteiger partial charge in [0.15, 0.2) is 0 Å². The molecule has 1 N–H and O–H groups in total. The second-order valence-electron chi connectivity index (χ2n) is 5.02. The Morgan fingerprint density at radius 3 is 2.14 bits per heavy atom. The van der Waals surface area contributed by atoms with E-state index >= 15 is 0 Å². The molecule has 4 heteroatoms. The lowest BCUT2D eigenvalue weighted by molar-refractivity contribution is -0.115. The van der Waals surface area contributed by atoms with E-state index in [1.807, 2.05) is 18.2 Å². The Morgan fingerprint density at radius 2 is 1.64 bits per heavy atom. The average molecular weight is 325 g/mol. The van der Waals surface area contributed by atoms with Crippen LogP contribution in [0.25, 0.3) is 17.2 Å². The first kappa shape index (κ1) is 15.0. The third-order valence-corrected chi connectivity index (χ3v) is 4.71. The molecule has 0 bridgehead atoms. The molecule has 3 rings (SSSR count). The molecule has 0 atom stereocenters. The summed E-state index contributed by atoms with van der Waals surface area (Å²) < 4.78 is 0.517. The number of rotatable bonds is 3. The average Bonchev–Trinajstić information content (AvgIpc) is 2.86. The molecule has 1 aliphatic rings. The van der Waals surface area contributed by atoms with Gasteiger partial charge < -0.3 is 5.32 Å². The zero-order valence-corrected chi connectivity index (χ0v) is 13.8. The lowest BCUT2D eigenvalue weighted by Gasteiger charge is -2.04. The molecule has 1 heterocycles. The van der Waals surface area contributed by atoms with Crippen LogP contribution in [0.4, 0.5) is 0 Å². The number of thioether (sulfide) groups is 1. The molecule has 2 nitrogen and oxygen atoms in total. The van der Waals surface area contributed by atoms with Crippen molar-refractivity contribution in [3.8, 4) is 11.1 Å². The van der Waals surface area contributed by atoms with Gasteiger partial charge in [0.2, 0.25) is 0 Å². The zero-order valence-electron chi connectivity index (χ0n) is 12.1. The molecule has 0 unspecified atom stereocenters. The van der Waals surface area contributed by atoms with E-state index in [1.165, 1.54) is 28.5 Å². The van der Waals surface area contributed by atoms with E-state index in [1.54, 1.807) is 0 Å². The Labute approximate surface area is 139 Å². The number of hydrogen-bond acceptors (Lipinski definition) is 3. The van der Waals surface area contributed by atoms with Crippen molar-refractivity contribution in [2.24, 2.45) is 0 Å². The van der Waals surface area contributed by atoms with Crippen molar-refractivity contribution in [1.82, 2.24) is 5.32 Å². The van der Waals surface area contributed by atoms with Gasteiger partial charge in [-0.25, -0.2) is 0 Å². The minimum atomic E-state index is -0.116. The summed E-state index contributed by atoms with van der Waals surface area (Å²) in [5, 5.41) is 2.62. The van der Waals surface area contributed by atoms with E-state index in [9.17, 15) is 4.79 Å². The van der Waals surface area contributed by atoms with Crippen LogP contribution in [0.2, 0.25) is 0 Å². The second kappa shape index (κ2) is 6.46. The Bertz CT molecular complexity index is 746. The maximum absolute atomic E-state index is 11.7. The van der Waals surface area contributed by atoms with Gasteiger partial charge in [-0.3, -0.25) is 4.79 Å². The normalized spacial score (nSPS) is 16.1. The molecule has 2 aromatic rings. The minimum Gasteiger partial charge on any atom is -0.307 e. The highest BCUT2D eigenvalue weighted by atomic mass is 32.2. The summed E-state index contributed by atoms with van der Waals surface area (Å²) in [5.41, 5.74) is 4.70. The number of aryl methyl sites for hydroxylation is 1. The first-order valence-corrected chi connectivity index (χ1v) is 8.32. The van der Waals surface area contributed by atoms with Gasteiger partial charge in [-0.15, -0.1) is 0 Å². The van der Waals surface area contributed by atoms with Crippen molar-refractivity contribution < 1.29 is 4.79 Å². The number of thiocarbonyl (C=S) groups is 1. The first-order valence-electron chi connectivity index (χ1n) is 7.10. The predicted octanol–water partition coefficient (Wildman–Crippen LogP) is 4.40. The summed E-state index contributed by atoms with van der Waals surface area (Å²) >= 11 is 6.29. The molecule has 0 aliphatic carbocycles. The highest BCUT2D eigenvalue weighted by molar-refractivity contribution is 8.26. The summed E-state index contributed by atoms with van der Waals surface area (Å²) in [6.07, 6.45) is 2.91. The van der Waals surface area contributed by atoms with Crippen LogP contribution < -0.4 is 5.32 Å². The largest absolute Gasteiger partial charge is 0.307 e. The number of benzene rings is 2. The van der Waals surface area contributed by atoms with Crippen molar-refractivity contribution in [3.05, 3.63) is 64.6 Å². The molecular weight excluding hydrogens is 310 g/mol. The fourth-order valence-corrected chi connectivity index (χ4v) is 3.32. The summed E-state index contributed by atoms with van der Waals surface area (Å²) in [6.45, 7) is 2.15. The highest BCUT2D eigenvalue weighted by Crippen LogP contribution is 2.27. The van der Waals surface area contributed by atoms with Crippen LogP contribution in [-0.2, 0) is 11.2 Å². The number of amides is 1. The van der Waals surface area contributed by atoms with Crippen LogP contribution in [0.15, 0.2) is 53.4 Å². The van der Waals surface area contributed by atoms with Crippen molar-refractivity contribution in [2.75, 3.05) is 0 Å². The Hall–Kier alpha value is -1.91. The van der Waals surface area contributed by atoms with E-state index in [0.717, 1.165) is 12.0 Å². The van der Waals surface area contributed by atoms with Crippen LogP contribution in [0.5, 0.6) is 0 Å². The van der Waals surface area contributed by atoms with Gasteiger partial charge in [0, 0.05) is 0 Å². The maximum Gasteiger partial charge on any atom is 0.263 e. The molecule has 0 spiro atoms. The Balaban J connectivity index is 1.82. The quantitative estimate of drug-likeness (QED) is 0.670. The summed E-state index contributed by atoms with van der Waals surface area (Å²) in [6, 6.07) is 16.8. The van der Waals surface area contributed by atoms with Gasteiger partial charge in [0.1, 0.15) is 4.32 Å². The summed E-state index contributed by atoms with van der Waals surface area (Å²) in [7, 11) is 0. The maximum atomic E-state index is 11.7. The fraction of sp³-hybridized carbons (Fsp3) is 0.111. The van der Waals surface area contributed by atoms with E-state index in [0.29, 0.717) is 9.23 Å². The molecule has 0 aromatic heterocycles. The molecule has 110 valence electrons. The first-order chi connectivity index (χ1) is 10.7. The third-order valence-electron chi connectivity index (χ3n) is 3.55. The molecule has 22 heavy (non-hydrogen) atoms. The number of hydrogen-bond donors (Lipinski definition) is 1. The Kier molecular flexibility index (Phi) is 4.41. The van der Waals surface area contributed by atoms with E-state index < -0.39 is 0 Å². The number of carbonyl (C=O) groups is 1. The van der Waals surface area contributed by atoms with Gasteiger partial charge in [0.25, 0.3) is 5.91 Å². The molecule has 0 radical (unpaired) electrons. The number of carbonyl (C=O) groups excluding carboxylic acids is 1. The van der Waals surface area contributed by atoms with Crippen LogP contribution in [0.1, 0.15) is 18.1 Å². The van der Waals surface area contributed by atoms with E-state index in [2.05, 4.69) is 48.6 Å². The van der Waals surface area contributed by atoms with Crippen LogP contribution in [0, 0.1) is 0 Å². The van der Waals surface area contributed by atoms with Gasteiger partial charge in [-0.1, -0.05) is 79.4 Å². The Morgan fingerprint density at radius 1 is 1.05 bits per heavy atom. The van der Waals surface area contributed by atoms with Gasteiger partial charge in [0.05, 0.1) is 4.91 Å². The third kappa shape index (κ3) is 3.29. The number of nitrogens with one attached hydrogen (secondary N) is 1. The predicted molar refractivity (Wildman–Crippen MR) is 97.6 cm³/mol. The van der Waals surface area contributed by atoms with Gasteiger partial charge in [-0.2, -0.15) is 0 Å². The molecule has 2 aromatic carbocycles. The topological polar surface area (TPSA) is 29.1 Å². The smallest absolute Gasteiger partial charge is 0.263 e. The standard InChI is InChI=1S/C18H15NOS2/c1-2-12-3-7-14(8-4-12)15-9-5-13(6-10-15)11-16-17(20)19-18(21)22-16/h3-11H,2H2,1H3,(H,19,20,21)/b16-11-. The van der Waals surface area contributed by atoms with Crippen LogP contribution >= 0.6 is 24.0 Å². The van der Waals surface area contributed by atoms with Crippen molar-refractivity contribution >= 4 is 40.3 Å². The second-order valence-corrected chi connectivity index (χ2v) is 6.74. The SMILES string of the molecule is CCc1ccc(-c2ccc(/C=C3\SC(=S)NC3=O)cc2)cc1. The molecular formula is C18H15NOS2. The van der Waals surface area contributed by atoms with Crippen LogP contribution in [0.3, 0.4) is 0 Å². The monoisotopic (exact) mass is 325 g/mol. The molecule has 1 saturated heterocycles. The van der Waals surface area contributed by atoms with Crippen molar-refractivity contribution in [2.45, 2.75) is 13.3 Å². The minimum absolute atomic E-state index is 0.116. The van der Waals surface area contributed by atoms with E-state index in [-0.39, 0.29) is 5.91 Å². The molecule has 1 aliphatic heterocycles. The van der Waals surface area contributed by atoms with Crippen molar-refractivity contribution in [3.63, 3.8) is 0 Å². The zero-order chi connectivity index (χ0) is 15.5. The summed E-state index contributed by atoms with van der Waals surface area (Å²) in [5.74, 6) is -0.116. The van der Waals surface area contributed by atoms with Crippen LogP contribution in [-0.4, -0.2) is 10.2 Å². The van der Waals surface area contributed by atoms with E-state index in [4.69, 9.17) is 12.2 Å². The van der Waals surface area contributed by atoms with Gasteiger partial charge in [-0.05, 0) is 34.8 Å². The van der Waals surface area contributed by atoms with Crippen molar-refractivity contribution in [1.29, 1.82) is 0 Å². The molecule has 1 amide bonds. The fourth-order valence-electron chi connectivity index (χ4n) is 2.28. The lowest BCUT2D eigenvalue weighted by atomic mass is 10.0. The van der Waals surface area contributed by atoms with Gasteiger partial charge >= 0.3 is 0 Å². The molecule has 0 saturated carbocycles. The molecule has 1 fully saturated rings. The lowest BCUT2D eigenvalue weighted by Crippen LogP contribution is -2.17.